The predicted octanol–water partition coefficient (Wildman–Crippen LogP) is 4.90. The average Bonchev–Trinajstić information content (AvgIpc) is 3.60. The molecule has 46 heavy (non-hydrogen) atoms. The zero-order valence-corrected chi connectivity index (χ0v) is 26.4. The Bertz CT molecular complexity index is 1720. The molecule has 2 aromatic carbocycles. The molecule has 1 aromatic heterocycles. The van der Waals surface area contributed by atoms with Gasteiger partial charge < -0.3 is 28.7 Å². The van der Waals surface area contributed by atoms with Crippen molar-refractivity contribution in [3.63, 3.8) is 0 Å². The number of imidazole rings is 1. The van der Waals surface area contributed by atoms with E-state index in [9.17, 15) is 18.8 Å². The van der Waals surface area contributed by atoms with Crippen molar-refractivity contribution in [3.8, 4) is 11.1 Å². The molecule has 12 heteroatoms. The Morgan fingerprint density at radius 2 is 1.80 bits per heavy atom. The monoisotopic (exact) mass is 633 g/mol. The van der Waals surface area contributed by atoms with Gasteiger partial charge in [-0.25, -0.2) is 23.4 Å². The van der Waals surface area contributed by atoms with Crippen molar-refractivity contribution in [2.45, 2.75) is 65.0 Å². The van der Waals surface area contributed by atoms with Crippen LogP contribution in [-0.2, 0) is 33.8 Å². The van der Waals surface area contributed by atoms with Crippen LogP contribution in [0.25, 0.3) is 11.1 Å². The molecule has 0 N–H and O–H groups in total. The minimum absolute atomic E-state index is 0.0799. The first-order valence-corrected chi connectivity index (χ1v) is 15.7. The molecule has 4 aliphatic rings. The molecule has 0 saturated carbocycles. The van der Waals surface area contributed by atoms with Gasteiger partial charge in [-0.05, 0) is 63.1 Å². The van der Waals surface area contributed by atoms with Crippen LogP contribution in [-0.4, -0.2) is 81.9 Å². The Kier molecular flexibility index (Phi) is 7.09. The highest BCUT2D eigenvalue weighted by molar-refractivity contribution is 6.02. The van der Waals surface area contributed by atoms with Crippen molar-refractivity contribution >= 4 is 23.7 Å². The third kappa shape index (κ3) is 5.17. The summed E-state index contributed by atoms with van der Waals surface area (Å²) in [7, 11) is 0. The zero-order valence-electron chi connectivity index (χ0n) is 26.4. The highest BCUT2D eigenvalue weighted by Crippen LogP contribution is 2.43. The molecule has 242 valence electrons. The summed E-state index contributed by atoms with van der Waals surface area (Å²) in [6.07, 6.45) is 0.169. The van der Waals surface area contributed by atoms with E-state index >= 15 is 4.39 Å². The van der Waals surface area contributed by atoms with Crippen LogP contribution in [0, 0.1) is 11.2 Å². The van der Waals surface area contributed by atoms with Crippen LogP contribution >= 0.6 is 0 Å². The molecule has 7 rings (SSSR count). The highest BCUT2D eigenvalue weighted by Gasteiger charge is 2.54. The maximum absolute atomic E-state index is 15.6. The maximum Gasteiger partial charge on any atom is 0.410 e. The molecule has 2 saturated heterocycles. The van der Waals surface area contributed by atoms with Gasteiger partial charge in [0.2, 0.25) is 0 Å². The van der Waals surface area contributed by atoms with E-state index in [1.165, 1.54) is 17.3 Å². The highest BCUT2D eigenvalue weighted by atomic mass is 19.1. The van der Waals surface area contributed by atoms with Crippen LogP contribution in [0.3, 0.4) is 0 Å². The van der Waals surface area contributed by atoms with Crippen molar-refractivity contribution in [3.05, 3.63) is 71.1 Å². The standard InChI is InChI=1S/C34H37F2N5O5/c1-5-45-31(43)29(28-27-12-22(35)13-38(27)19-37-28)41-14-25-24(30(41)42)10-21(11-26(25)36)20-6-8-23(9-7-20)39-15-34(16-39)17-40(18-34)32(44)46-33(2,3)4/h6-11,19,22,29H,5,12-18H2,1-4H3/t22-,29?/m1/s1. The van der Waals surface area contributed by atoms with E-state index < -0.39 is 35.5 Å². The molecule has 1 unspecified atom stereocenters. The maximum atomic E-state index is 15.6. The number of rotatable bonds is 6. The van der Waals surface area contributed by atoms with Gasteiger partial charge in [0, 0.05) is 60.5 Å². The number of hydrogen-bond donors (Lipinski definition) is 0. The Hall–Kier alpha value is -4.48. The quantitative estimate of drug-likeness (QED) is 0.357. The van der Waals surface area contributed by atoms with Crippen LogP contribution in [0.1, 0.15) is 61.0 Å². The van der Waals surface area contributed by atoms with Crippen molar-refractivity contribution < 1.29 is 32.6 Å². The SMILES string of the molecule is CCOC(=O)C(c1ncn2c1C[C@@H](F)C2)N1Cc2c(F)cc(-c3ccc(N4CC5(CN(C(=O)OC(C)(C)C)C5)C4)cc3)cc2C1=O. The van der Waals surface area contributed by atoms with Gasteiger partial charge in [0.15, 0.2) is 6.04 Å². The van der Waals surface area contributed by atoms with Crippen LogP contribution in [0.15, 0.2) is 42.7 Å². The smallest absolute Gasteiger partial charge is 0.410 e. The number of carbonyl (C=O) groups excluding carboxylic acids is 3. The summed E-state index contributed by atoms with van der Waals surface area (Å²) in [4.78, 5) is 48.9. The van der Waals surface area contributed by atoms with E-state index in [1.807, 2.05) is 45.0 Å². The van der Waals surface area contributed by atoms with Crippen LogP contribution < -0.4 is 4.90 Å². The lowest BCUT2D eigenvalue weighted by molar-refractivity contribution is -0.149. The largest absolute Gasteiger partial charge is 0.464 e. The molecule has 2 fully saturated rings. The molecule has 0 aliphatic carbocycles. The predicted molar refractivity (Wildman–Crippen MR) is 164 cm³/mol. The molecule has 5 heterocycles. The van der Waals surface area contributed by atoms with E-state index in [0.29, 0.717) is 24.3 Å². The number of nitrogens with zero attached hydrogens (tertiary/aromatic N) is 5. The third-order valence-electron chi connectivity index (χ3n) is 9.21. The number of amides is 2. The third-order valence-corrected chi connectivity index (χ3v) is 9.21. The van der Waals surface area contributed by atoms with Gasteiger partial charge in [-0.2, -0.15) is 0 Å². The van der Waals surface area contributed by atoms with Crippen molar-refractivity contribution in [1.29, 1.82) is 0 Å². The van der Waals surface area contributed by atoms with Gasteiger partial charge in [0.25, 0.3) is 5.91 Å². The molecular weight excluding hydrogens is 596 g/mol. The zero-order chi connectivity index (χ0) is 32.5. The Balaban J connectivity index is 1.06. The summed E-state index contributed by atoms with van der Waals surface area (Å²) >= 11 is 0. The van der Waals surface area contributed by atoms with Crippen molar-refractivity contribution in [2.24, 2.45) is 5.41 Å². The summed E-state index contributed by atoms with van der Waals surface area (Å²) in [6.45, 7) is 10.3. The van der Waals surface area contributed by atoms with E-state index in [4.69, 9.17) is 9.47 Å². The molecule has 0 radical (unpaired) electrons. The van der Waals surface area contributed by atoms with Gasteiger partial charge >= 0.3 is 12.1 Å². The fraction of sp³-hybridized carbons (Fsp3) is 0.471. The number of benzene rings is 2. The first-order valence-electron chi connectivity index (χ1n) is 15.7. The van der Waals surface area contributed by atoms with E-state index in [2.05, 4.69) is 9.88 Å². The second-order valence-corrected chi connectivity index (χ2v) is 13.8. The van der Waals surface area contributed by atoms with Crippen molar-refractivity contribution in [1.82, 2.24) is 19.4 Å². The number of hydrogen-bond acceptors (Lipinski definition) is 7. The first-order chi connectivity index (χ1) is 21.8. The van der Waals surface area contributed by atoms with E-state index in [1.54, 1.807) is 22.5 Å². The average molecular weight is 634 g/mol. The van der Waals surface area contributed by atoms with E-state index in [-0.39, 0.29) is 54.4 Å². The minimum Gasteiger partial charge on any atom is -0.464 e. The lowest BCUT2D eigenvalue weighted by Gasteiger charge is -2.60. The normalized spacial score (nSPS) is 20.3. The number of alkyl halides is 1. The number of ether oxygens (including phenoxy) is 2. The van der Waals surface area contributed by atoms with Crippen LogP contribution in [0.2, 0.25) is 0 Å². The number of anilines is 1. The molecule has 1 spiro atoms. The summed E-state index contributed by atoms with van der Waals surface area (Å²) in [5.74, 6) is -1.73. The Labute approximate surface area is 265 Å². The second-order valence-electron chi connectivity index (χ2n) is 13.8. The summed E-state index contributed by atoms with van der Waals surface area (Å²) in [6, 6.07) is 9.59. The molecule has 2 amide bonds. The van der Waals surface area contributed by atoms with E-state index in [0.717, 1.165) is 24.3 Å². The van der Waals surface area contributed by atoms with Crippen LogP contribution in [0.4, 0.5) is 19.3 Å². The fourth-order valence-electron chi connectivity index (χ4n) is 7.12. The summed E-state index contributed by atoms with van der Waals surface area (Å²) in [5, 5.41) is 0. The van der Waals surface area contributed by atoms with Crippen molar-refractivity contribution in [2.75, 3.05) is 37.7 Å². The van der Waals surface area contributed by atoms with Gasteiger partial charge in [-0.3, -0.25) is 4.79 Å². The Morgan fingerprint density at radius 3 is 2.48 bits per heavy atom. The molecular formula is C34H37F2N5O5. The number of aromatic nitrogens is 2. The number of fused-ring (bicyclic) bond motifs is 2. The summed E-state index contributed by atoms with van der Waals surface area (Å²) in [5.41, 5.74) is 3.06. The second kappa shape index (κ2) is 10.8. The molecule has 3 aromatic rings. The fourth-order valence-corrected chi connectivity index (χ4v) is 7.12. The van der Waals surface area contributed by atoms with Gasteiger partial charge in [0.05, 0.1) is 31.7 Å². The first kappa shape index (κ1) is 30.2. The van der Waals surface area contributed by atoms with Crippen LogP contribution in [0.5, 0.6) is 0 Å². The molecule has 2 atom stereocenters. The number of likely N-dealkylation sites (tertiary alicyclic amines) is 1. The summed E-state index contributed by atoms with van der Waals surface area (Å²) < 4.78 is 42.2. The lowest BCUT2D eigenvalue weighted by Crippen LogP contribution is -2.73. The topological polar surface area (TPSA) is 97.2 Å². The number of carbonyl (C=O) groups is 3. The lowest BCUT2D eigenvalue weighted by atomic mass is 9.73. The molecule has 10 nitrogen and oxygen atoms in total. The number of esters is 1. The van der Waals surface area contributed by atoms with Gasteiger partial charge in [0.1, 0.15) is 17.6 Å². The molecule has 4 aliphatic heterocycles. The Morgan fingerprint density at radius 1 is 1.09 bits per heavy atom. The molecule has 0 bridgehead atoms. The minimum atomic E-state index is -1.21. The van der Waals surface area contributed by atoms with Gasteiger partial charge in [-0.1, -0.05) is 12.1 Å². The number of halogens is 2. The van der Waals surface area contributed by atoms with Gasteiger partial charge in [-0.15, -0.1) is 0 Å².